The Balaban J connectivity index is 1.84. The van der Waals surface area contributed by atoms with Crippen molar-refractivity contribution in [1.82, 2.24) is 4.98 Å². The maximum absolute atomic E-state index is 12.5. The second-order valence-corrected chi connectivity index (χ2v) is 8.10. The predicted molar refractivity (Wildman–Crippen MR) is 95.0 cm³/mol. The summed E-state index contributed by atoms with van der Waals surface area (Å²) >= 11 is 0. The molecule has 1 aromatic carbocycles. The van der Waals surface area contributed by atoms with E-state index in [1.165, 1.54) is 12.3 Å². The zero-order valence-corrected chi connectivity index (χ0v) is 14.7. The maximum Gasteiger partial charge on any atom is 0.250 e. The highest BCUT2D eigenvalue weighted by Gasteiger charge is 2.24. The number of benzene rings is 1. The van der Waals surface area contributed by atoms with Crippen LogP contribution in [-0.2, 0) is 14.6 Å². The number of rotatable bonds is 5. The van der Waals surface area contributed by atoms with Gasteiger partial charge in [-0.1, -0.05) is 24.0 Å². The summed E-state index contributed by atoms with van der Waals surface area (Å²) in [5.41, 5.74) is 1.43. The number of hydrogen-bond acceptors (Lipinski definition) is 4. The largest absolute Gasteiger partial charge is 0.365 e. The van der Waals surface area contributed by atoms with Gasteiger partial charge in [-0.15, -0.1) is 0 Å². The van der Waals surface area contributed by atoms with Gasteiger partial charge in [0.2, 0.25) is 9.84 Å². The van der Waals surface area contributed by atoms with E-state index in [1.54, 1.807) is 31.2 Å². The molecule has 0 aliphatic heterocycles. The van der Waals surface area contributed by atoms with Crippen LogP contribution in [0.3, 0.4) is 0 Å². The van der Waals surface area contributed by atoms with E-state index in [9.17, 15) is 13.2 Å². The molecule has 5 nitrogen and oxygen atoms in total. The van der Waals surface area contributed by atoms with Gasteiger partial charge in [0.1, 0.15) is 0 Å². The highest BCUT2D eigenvalue weighted by Crippen LogP contribution is 2.29. The lowest BCUT2D eigenvalue weighted by atomic mass is 10.2. The molecule has 1 N–H and O–H groups in total. The molecule has 0 bridgehead atoms. The molecule has 1 saturated carbocycles. The molecule has 130 valence electrons. The van der Waals surface area contributed by atoms with Crippen LogP contribution in [0.4, 0.5) is 0 Å². The highest BCUT2D eigenvalue weighted by molar-refractivity contribution is 7.91. The summed E-state index contributed by atoms with van der Waals surface area (Å²) in [4.78, 5) is 14.2. The molecule has 0 spiro atoms. The van der Waals surface area contributed by atoms with Crippen LogP contribution in [0.2, 0.25) is 0 Å². The average molecular weight is 357 g/mol. The summed E-state index contributed by atoms with van der Waals surface area (Å²) in [5, 5.41) is 0. The van der Waals surface area contributed by atoms with Crippen molar-refractivity contribution in [2.24, 2.45) is 5.92 Å². The molecule has 3 rings (SSSR count). The van der Waals surface area contributed by atoms with Gasteiger partial charge in [-0.25, -0.2) is 8.42 Å². The third-order valence-corrected chi connectivity index (χ3v) is 5.44. The minimum Gasteiger partial charge on any atom is -0.365 e. The Morgan fingerprint density at radius 3 is 2.72 bits per heavy atom. The fraction of sp³-hybridized carbons (Fsp3) is 0.316. The first-order valence-electron chi connectivity index (χ1n) is 8.06. The minimum absolute atomic E-state index is 0.165. The SMILES string of the molecule is Cc1cc(C#Cc2ccccc2S(=O)(=O)COCC2CC2)c[nH]c1=O. The molecule has 0 saturated heterocycles. The Hall–Kier alpha value is -2.36. The molecule has 0 unspecified atom stereocenters. The highest BCUT2D eigenvalue weighted by atomic mass is 32.2. The van der Waals surface area contributed by atoms with Gasteiger partial charge in [0, 0.05) is 22.9 Å². The molecule has 1 aliphatic carbocycles. The molecule has 0 atom stereocenters. The van der Waals surface area contributed by atoms with Crippen molar-refractivity contribution < 1.29 is 13.2 Å². The lowest BCUT2D eigenvalue weighted by Gasteiger charge is -2.07. The molecule has 0 amide bonds. The summed E-state index contributed by atoms with van der Waals surface area (Å²) in [6.45, 7) is 2.18. The molecular weight excluding hydrogens is 338 g/mol. The monoisotopic (exact) mass is 357 g/mol. The minimum atomic E-state index is -3.56. The number of H-pyrrole nitrogens is 1. The fourth-order valence-electron chi connectivity index (χ4n) is 2.32. The maximum atomic E-state index is 12.5. The number of hydrogen-bond donors (Lipinski definition) is 1. The van der Waals surface area contributed by atoms with Crippen molar-refractivity contribution in [2.45, 2.75) is 24.7 Å². The van der Waals surface area contributed by atoms with E-state index in [2.05, 4.69) is 16.8 Å². The summed E-state index contributed by atoms with van der Waals surface area (Å²) in [5.74, 6) is 5.96. The average Bonchev–Trinajstić information content (AvgIpc) is 3.40. The third kappa shape index (κ3) is 4.59. The van der Waals surface area contributed by atoms with E-state index in [-0.39, 0.29) is 16.4 Å². The van der Waals surface area contributed by atoms with Gasteiger partial charge >= 0.3 is 0 Å². The van der Waals surface area contributed by atoms with Crippen molar-refractivity contribution in [2.75, 3.05) is 12.5 Å². The molecule has 6 heteroatoms. The Kier molecular flexibility index (Phi) is 5.07. The van der Waals surface area contributed by atoms with Gasteiger partial charge in [-0.3, -0.25) is 4.79 Å². The summed E-state index contributed by atoms with van der Waals surface area (Å²) < 4.78 is 30.4. The van der Waals surface area contributed by atoms with Gasteiger partial charge in [0.15, 0.2) is 5.94 Å². The topological polar surface area (TPSA) is 76.2 Å². The first kappa shape index (κ1) is 17.5. The molecule has 1 aliphatic rings. The molecule has 0 radical (unpaired) electrons. The first-order valence-corrected chi connectivity index (χ1v) is 9.72. The van der Waals surface area contributed by atoms with Gasteiger partial charge in [-0.05, 0) is 43.9 Å². The van der Waals surface area contributed by atoms with E-state index >= 15 is 0 Å². The van der Waals surface area contributed by atoms with E-state index in [1.807, 2.05) is 0 Å². The summed E-state index contributed by atoms with van der Waals surface area (Å²) in [7, 11) is -3.56. The molecule has 25 heavy (non-hydrogen) atoms. The number of sulfone groups is 1. The fourth-order valence-corrected chi connectivity index (χ4v) is 3.51. The Labute approximate surface area is 147 Å². The number of aryl methyl sites for hydroxylation is 1. The summed E-state index contributed by atoms with van der Waals surface area (Å²) in [6.07, 6.45) is 3.74. The number of ether oxygens (including phenoxy) is 1. The molecule has 1 heterocycles. The summed E-state index contributed by atoms with van der Waals surface area (Å²) in [6, 6.07) is 8.29. The standard InChI is InChI=1S/C19H19NO4S/c1-14-10-16(11-20-19(14)21)8-9-17-4-2-3-5-18(17)25(22,23)13-24-12-15-6-7-15/h2-5,10-11,15H,6-7,12-13H2,1H3,(H,20,21). The lowest BCUT2D eigenvalue weighted by Crippen LogP contribution is -2.12. The van der Waals surface area contributed by atoms with E-state index in [0.717, 1.165) is 12.8 Å². The quantitative estimate of drug-likeness (QED) is 0.833. The van der Waals surface area contributed by atoms with Gasteiger partial charge in [-0.2, -0.15) is 0 Å². The van der Waals surface area contributed by atoms with E-state index in [0.29, 0.717) is 29.2 Å². The second-order valence-electron chi connectivity index (χ2n) is 6.19. The van der Waals surface area contributed by atoms with Crippen LogP contribution in [0.25, 0.3) is 0 Å². The zero-order chi connectivity index (χ0) is 17.9. The van der Waals surface area contributed by atoms with Crippen molar-refractivity contribution >= 4 is 9.84 Å². The van der Waals surface area contributed by atoms with E-state index in [4.69, 9.17) is 4.74 Å². The van der Waals surface area contributed by atoms with Crippen molar-refractivity contribution in [1.29, 1.82) is 0 Å². The molecule has 2 aromatic rings. The van der Waals surface area contributed by atoms with Crippen molar-refractivity contribution in [3.8, 4) is 11.8 Å². The number of pyridine rings is 1. The van der Waals surface area contributed by atoms with Crippen LogP contribution in [0.5, 0.6) is 0 Å². The second kappa shape index (κ2) is 7.26. The lowest BCUT2D eigenvalue weighted by molar-refractivity contribution is 0.165. The van der Waals surface area contributed by atoms with Crippen LogP contribution in [0.1, 0.15) is 29.5 Å². The molecule has 1 fully saturated rings. The van der Waals surface area contributed by atoms with Gasteiger partial charge < -0.3 is 9.72 Å². The molecule has 1 aromatic heterocycles. The zero-order valence-electron chi connectivity index (χ0n) is 13.9. The van der Waals surface area contributed by atoms with Crippen LogP contribution >= 0.6 is 0 Å². The number of aromatic amines is 1. The predicted octanol–water partition coefficient (Wildman–Crippen LogP) is 2.24. The van der Waals surface area contributed by atoms with Crippen LogP contribution < -0.4 is 5.56 Å². The third-order valence-electron chi connectivity index (χ3n) is 3.94. The van der Waals surface area contributed by atoms with E-state index < -0.39 is 9.84 Å². The Morgan fingerprint density at radius 2 is 2.00 bits per heavy atom. The van der Waals surface area contributed by atoms with Crippen molar-refractivity contribution in [3.05, 3.63) is 63.6 Å². The molecular formula is C19H19NO4S. The van der Waals surface area contributed by atoms with Gasteiger partial charge in [0.05, 0.1) is 11.5 Å². The number of aromatic nitrogens is 1. The normalized spacial score (nSPS) is 14.0. The van der Waals surface area contributed by atoms with Gasteiger partial charge in [0.25, 0.3) is 5.56 Å². The first-order chi connectivity index (χ1) is 12.0. The Bertz CT molecular complexity index is 992. The van der Waals surface area contributed by atoms with Crippen LogP contribution in [-0.4, -0.2) is 25.9 Å². The number of nitrogens with one attached hydrogen (secondary N) is 1. The van der Waals surface area contributed by atoms with Crippen LogP contribution in [0, 0.1) is 24.7 Å². The smallest absolute Gasteiger partial charge is 0.250 e. The van der Waals surface area contributed by atoms with Crippen LogP contribution in [0.15, 0.2) is 46.2 Å². The Morgan fingerprint density at radius 1 is 1.24 bits per heavy atom. The van der Waals surface area contributed by atoms with Crippen molar-refractivity contribution in [3.63, 3.8) is 0 Å².